The molecule has 0 unspecified atom stereocenters. The van der Waals surface area contributed by atoms with Crippen LogP contribution in [-0.4, -0.2) is 17.4 Å². The lowest BCUT2D eigenvalue weighted by Crippen LogP contribution is -2.40. The van der Waals surface area contributed by atoms with Gasteiger partial charge in [0.05, 0.1) is 0 Å². The predicted molar refractivity (Wildman–Crippen MR) is 77.7 cm³/mol. The van der Waals surface area contributed by atoms with Gasteiger partial charge in [-0.15, -0.1) is 0 Å². The van der Waals surface area contributed by atoms with E-state index in [2.05, 4.69) is 0 Å². The summed E-state index contributed by atoms with van der Waals surface area (Å²) >= 11 is 0. The Morgan fingerprint density at radius 3 is 2.38 bits per heavy atom. The van der Waals surface area contributed by atoms with Gasteiger partial charge in [-0.05, 0) is 37.2 Å². The van der Waals surface area contributed by atoms with E-state index in [0.29, 0.717) is 12.8 Å². The summed E-state index contributed by atoms with van der Waals surface area (Å²) in [5.74, 6) is -0.141. The van der Waals surface area contributed by atoms with Crippen LogP contribution in [0.4, 0.5) is 0 Å². The van der Waals surface area contributed by atoms with Crippen LogP contribution in [-0.2, 0) is 14.3 Å². The molecule has 3 nitrogen and oxygen atoms in total. The van der Waals surface area contributed by atoms with Crippen LogP contribution in [0.3, 0.4) is 0 Å². The van der Waals surface area contributed by atoms with Crippen molar-refractivity contribution in [1.29, 1.82) is 0 Å². The Morgan fingerprint density at radius 2 is 1.71 bits per heavy atom. The molecule has 21 heavy (non-hydrogen) atoms. The normalized spacial score (nSPS) is 37.0. The van der Waals surface area contributed by atoms with Gasteiger partial charge >= 0.3 is 5.97 Å². The molecule has 2 saturated carbocycles. The second-order valence-electron chi connectivity index (χ2n) is 6.82. The van der Waals surface area contributed by atoms with E-state index in [1.807, 2.05) is 37.3 Å². The highest BCUT2D eigenvalue weighted by atomic mass is 16.6. The van der Waals surface area contributed by atoms with E-state index in [0.717, 1.165) is 24.8 Å². The summed E-state index contributed by atoms with van der Waals surface area (Å²) in [4.78, 5) is 25.7. The standard InChI is InChI=1S/C18H20O3/c1-12-14(13-8-4-2-5-9-13)18(12)15(19)17(21-16(18)20)10-6-3-7-11-17/h2,4-5,8-9,12,14H,3,6-7,10-11H2,1H3/t12-,14+,18+/m1/s1. The Bertz CT molecular complexity index is 600. The van der Waals surface area contributed by atoms with Gasteiger partial charge in [0, 0.05) is 5.92 Å². The molecule has 3 atom stereocenters. The summed E-state index contributed by atoms with van der Waals surface area (Å²) in [5.41, 5.74) is -0.602. The molecule has 1 aromatic carbocycles. The van der Waals surface area contributed by atoms with Crippen molar-refractivity contribution in [2.45, 2.75) is 50.5 Å². The van der Waals surface area contributed by atoms with Gasteiger partial charge in [0.25, 0.3) is 0 Å². The average molecular weight is 284 g/mol. The number of esters is 1. The average Bonchev–Trinajstić information content (AvgIpc) is 3.09. The highest BCUT2D eigenvalue weighted by Crippen LogP contribution is 2.70. The van der Waals surface area contributed by atoms with Crippen molar-refractivity contribution < 1.29 is 14.3 Å². The molecule has 0 N–H and O–H groups in total. The van der Waals surface area contributed by atoms with E-state index >= 15 is 0 Å². The Labute approximate surface area is 124 Å². The number of ketones is 1. The lowest BCUT2D eigenvalue weighted by Gasteiger charge is -2.30. The summed E-state index contributed by atoms with van der Waals surface area (Å²) in [6.45, 7) is 2.01. The van der Waals surface area contributed by atoms with Crippen molar-refractivity contribution in [3.8, 4) is 0 Å². The van der Waals surface area contributed by atoms with Crippen LogP contribution in [0.5, 0.6) is 0 Å². The molecule has 3 heteroatoms. The van der Waals surface area contributed by atoms with E-state index < -0.39 is 11.0 Å². The lowest BCUT2D eigenvalue weighted by atomic mass is 9.77. The van der Waals surface area contributed by atoms with Gasteiger partial charge in [-0.2, -0.15) is 0 Å². The molecular weight excluding hydrogens is 264 g/mol. The summed E-state index contributed by atoms with van der Waals surface area (Å²) in [5, 5.41) is 0. The van der Waals surface area contributed by atoms with Crippen LogP contribution < -0.4 is 0 Å². The van der Waals surface area contributed by atoms with Gasteiger partial charge in [0.2, 0.25) is 0 Å². The second kappa shape index (κ2) is 4.19. The van der Waals surface area contributed by atoms with Gasteiger partial charge < -0.3 is 4.74 Å². The van der Waals surface area contributed by atoms with Crippen molar-refractivity contribution in [1.82, 2.24) is 0 Å². The minimum atomic E-state index is -0.890. The molecule has 0 radical (unpaired) electrons. The molecule has 1 heterocycles. The molecule has 1 aliphatic heterocycles. The molecule has 0 bridgehead atoms. The van der Waals surface area contributed by atoms with Gasteiger partial charge in [-0.25, -0.2) is 0 Å². The molecule has 3 fully saturated rings. The quantitative estimate of drug-likeness (QED) is 0.587. The zero-order valence-corrected chi connectivity index (χ0v) is 12.3. The zero-order valence-electron chi connectivity index (χ0n) is 12.3. The maximum Gasteiger partial charge on any atom is 0.321 e. The fraction of sp³-hybridized carbons (Fsp3) is 0.556. The smallest absolute Gasteiger partial charge is 0.321 e. The van der Waals surface area contributed by atoms with E-state index in [1.165, 1.54) is 0 Å². The first-order valence-electron chi connectivity index (χ1n) is 7.96. The van der Waals surface area contributed by atoms with Gasteiger partial charge in [0.15, 0.2) is 11.4 Å². The fourth-order valence-electron chi connectivity index (χ4n) is 4.66. The molecule has 3 aliphatic rings. The van der Waals surface area contributed by atoms with Crippen LogP contribution in [0, 0.1) is 11.3 Å². The summed E-state index contributed by atoms with van der Waals surface area (Å²) in [7, 11) is 0. The third-order valence-electron chi connectivity index (χ3n) is 5.83. The molecule has 0 aromatic heterocycles. The third-order valence-corrected chi connectivity index (χ3v) is 5.83. The largest absolute Gasteiger partial charge is 0.450 e. The third kappa shape index (κ3) is 1.49. The summed E-state index contributed by atoms with van der Waals surface area (Å²) < 4.78 is 5.71. The van der Waals surface area contributed by atoms with E-state index in [-0.39, 0.29) is 23.6 Å². The monoisotopic (exact) mass is 284 g/mol. The van der Waals surface area contributed by atoms with E-state index in [4.69, 9.17) is 4.74 Å². The van der Waals surface area contributed by atoms with Gasteiger partial charge in [-0.1, -0.05) is 43.7 Å². The Balaban J connectivity index is 1.73. The molecule has 2 spiro atoms. The minimum Gasteiger partial charge on any atom is -0.450 e. The molecule has 4 rings (SSSR count). The number of carbonyl (C=O) groups is 2. The number of Topliss-reactive ketones (excluding diaryl/α,β-unsaturated/α-hetero) is 1. The maximum atomic E-state index is 13.1. The predicted octanol–water partition coefficient (Wildman–Crippen LogP) is 3.24. The number of ether oxygens (including phenoxy) is 1. The Morgan fingerprint density at radius 1 is 1.05 bits per heavy atom. The summed E-state index contributed by atoms with van der Waals surface area (Å²) in [6, 6.07) is 9.93. The fourth-order valence-corrected chi connectivity index (χ4v) is 4.66. The number of rotatable bonds is 1. The SMILES string of the molecule is C[C@@H]1[C@@H](c2ccccc2)[C@@]12C(=O)OC1(CCCCC1)C2=O. The molecule has 0 amide bonds. The highest BCUT2D eigenvalue weighted by Gasteiger charge is 2.80. The maximum absolute atomic E-state index is 13.1. The zero-order chi connectivity index (χ0) is 14.7. The topological polar surface area (TPSA) is 43.4 Å². The van der Waals surface area contributed by atoms with Crippen molar-refractivity contribution in [2.75, 3.05) is 0 Å². The highest BCUT2D eigenvalue weighted by molar-refractivity contribution is 6.17. The van der Waals surface area contributed by atoms with Crippen molar-refractivity contribution in [2.24, 2.45) is 11.3 Å². The van der Waals surface area contributed by atoms with E-state index in [1.54, 1.807) is 0 Å². The number of benzene rings is 1. The molecule has 2 aliphatic carbocycles. The number of hydrogen-bond donors (Lipinski definition) is 0. The number of hydrogen-bond acceptors (Lipinski definition) is 3. The molecule has 1 saturated heterocycles. The van der Waals surface area contributed by atoms with Crippen LogP contribution in [0.1, 0.15) is 50.5 Å². The first-order chi connectivity index (χ1) is 10.1. The van der Waals surface area contributed by atoms with Gasteiger partial charge in [0.1, 0.15) is 5.41 Å². The first-order valence-corrected chi connectivity index (χ1v) is 7.96. The van der Waals surface area contributed by atoms with Crippen LogP contribution >= 0.6 is 0 Å². The lowest BCUT2D eigenvalue weighted by molar-refractivity contribution is -0.155. The molecular formula is C18H20O3. The van der Waals surface area contributed by atoms with Crippen molar-refractivity contribution in [3.05, 3.63) is 35.9 Å². The first kappa shape index (κ1) is 13.1. The van der Waals surface area contributed by atoms with Gasteiger partial charge in [-0.3, -0.25) is 9.59 Å². The van der Waals surface area contributed by atoms with Crippen molar-refractivity contribution in [3.63, 3.8) is 0 Å². The van der Waals surface area contributed by atoms with Crippen LogP contribution in [0.2, 0.25) is 0 Å². The summed E-state index contributed by atoms with van der Waals surface area (Å²) in [6.07, 6.45) is 4.54. The Kier molecular flexibility index (Phi) is 2.60. The molecule has 110 valence electrons. The van der Waals surface area contributed by atoms with Crippen LogP contribution in [0.15, 0.2) is 30.3 Å². The van der Waals surface area contributed by atoms with Crippen molar-refractivity contribution >= 4 is 11.8 Å². The van der Waals surface area contributed by atoms with E-state index in [9.17, 15) is 9.59 Å². The molecule has 1 aromatic rings. The Hall–Kier alpha value is -1.64. The number of carbonyl (C=O) groups excluding carboxylic acids is 2. The minimum absolute atomic E-state index is 0.00000142. The second-order valence-corrected chi connectivity index (χ2v) is 6.82. The van der Waals surface area contributed by atoms with Crippen LogP contribution in [0.25, 0.3) is 0 Å².